The van der Waals surface area contributed by atoms with Crippen LogP contribution >= 0.6 is 0 Å². The van der Waals surface area contributed by atoms with E-state index in [1.807, 2.05) is 12.1 Å². The van der Waals surface area contributed by atoms with Crippen molar-refractivity contribution in [1.82, 2.24) is 0 Å². The van der Waals surface area contributed by atoms with Crippen molar-refractivity contribution in [2.24, 2.45) is 0 Å². The van der Waals surface area contributed by atoms with Crippen LogP contribution in [0.2, 0.25) is 18.1 Å². The van der Waals surface area contributed by atoms with Crippen molar-refractivity contribution in [2.45, 2.75) is 75.9 Å². The second kappa shape index (κ2) is 9.05. The molecule has 0 saturated carbocycles. The molecule has 1 saturated heterocycles. The van der Waals surface area contributed by atoms with Gasteiger partial charge in [0.25, 0.3) is 0 Å². The smallest absolute Gasteiger partial charge is 0.0991 e. The normalized spacial score (nSPS) is 21.9. The summed E-state index contributed by atoms with van der Waals surface area (Å²) in [6.45, 7) is 2.29. The van der Waals surface area contributed by atoms with Crippen LogP contribution in [0.3, 0.4) is 0 Å². The average Bonchev–Trinajstić information content (AvgIpc) is 2.55. The highest BCUT2D eigenvalue weighted by atomic mass is 28.3. The molecule has 0 N–H and O–H groups in total. The Morgan fingerprint density at radius 1 is 1.05 bits per heavy atom. The lowest BCUT2D eigenvalue weighted by atomic mass is 9.93. The number of rotatable bonds is 7. The summed E-state index contributed by atoms with van der Waals surface area (Å²) >= 11 is 0. The third kappa shape index (κ3) is 5.32. The Labute approximate surface area is 132 Å². The summed E-state index contributed by atoms with van der Waals surface area (Å²) < 4.78 is 0. The van der Waals surface area contributed by atoms with E-state index in [9.17, 15) is 0 Å². The van der Waals surface area contributed by atoms with E-state index in [1.165, 1.54) is 50.5 Å². The predicted octanol–water partition coefficient (Wildman–Crippen LogP) is 5.63. The van der Waals surface area contributed by atoms with Crippen LogP contribution in [0, 0.1) is 11.3 Å². The van der Waals surface area contributed by atoms with Crippen molar-refractivity contribution in [2.75, 3.05) is 0 Å². The number of nitriles is 1. The topological polar surface area (TPSA) is 23.8 Å². The first-order valence-corrected chi connectivity index (χ1v) is 11.3. The molecule has 0 amide bonds. The van der Waals surface area contributed by atoms with Crippen LogP contribution in [-0.2, 0) is 0 Å². The van der Waals surface area contributed by atoms with Gasteiger partial charge in [-0.25, -0.2) is 0 Å². The Kier molecular flexibility index (Phi) is 7.02. The molecule has 1 nitrogen and oxygen atoms in total. The molecule has 0 radical (unpaired) electrons. The second-order valence-electron chi connectivity index (χ2n) is 6.65. The van der Waals surface area contributed by atoms with E-state index < -0.39 is 8.80 Å². The van der Waals surface area contributed by atoms with Gasteiger partial charge >= 0.3 is 0 Å². The lowest BCUT2D eigenvalue weighted by Gasteiger charge is -2.28. The first-order chi connectivity index (χ1) is 10.3. The molecular formula is C19H29NSi. The third-order valence-corrected chi connectivity index (χ3v) is 8.60. The summed E-state index contributed by atoms with van der Waals surface area (Å²) in [5, 5.41) is 8.87. The molecule has 0 unspecified atom stereocenters. The summed E-state index contributed by atoms with van der Waals surface area (Å²) in [4.78, 5) is 0. The molecule has 1 fully saturated rings. The fourth-order valence-electron chi connectivity index (χ4n) is 3.65. The van der Waals surface area contributed by atoms with Gasteiger partial charge < -0.3 is 0 Å². The SMILES string of the molecule is CCCCCCC[Si@H]1CC[C@H](c2ccc(C#N)cc2)CC1. The fraction of sp³-hybridized carbons (Fsp3) is 0.632. The maximum Gasteiger partial charge on any atom is 0.0991 e. The Balaban J connectivity index is 1.69. The quantitative estimate of drug-likeness (QED) is 0.472. The number of unbranched alkanes of at least 4 members (excludes halogenated alkanes) is 4. The van der Waals surface area contributed by atoms with Crippen molar-refractivity contribution in [3.63, 3.8) is 0 Å². The van der Waals surface area contributed by atoms with Crippen molar-refractivity contribution in [3.05, 3.63) is 35.4 Å². The standard InChI is InChI=1S/C19H29NSi/c1-2-3-4-5-6-13-21-14-11-19(12-15-21)18-9-7-17(16-20)8-10-18/h7-10,19,21H,2-6,11-15H2,1H3/t19-,21-. The minimum absolute atomic E-state index is 0.408. The minimum atomic E-state index is -0.408. The number of nitrogens with zero attached hydrogens (tertiary/aromatic N) is 1. The van der Waals surface area contributed by atoms with Gasteiger partial charge in [0.1, 0.15) is 0 Å². The molecule has 21 heavy (non-hydrogen) atoms. The highest BCUT2D eigenvalue weighted by Gasteiger charge is 2.22. The monoisotopic (exact) mass is 299 g/mol. The number of benzene rings is 1. The number of hydrogen-bond donors (Lipinski definition) is 0. The molecule has 0 spiro atoms. The molecule has 0 aliphatic carbocycles. The Morgan fingerprint density at radius 3 is 2.33 bits per heavy atom. The Hall–Kier alpha value is -1.07. The van der Waals surface area contributed by atoms with Gasteiger partial charge in [0.15, 0.2) is 0 Å². The summed E-state index contributed by atoms with van der Waals surface area (Å²) in [6, 6.07) is 15.2. The van der Waals surface area contributed by atoms with E-state index >= 15 is 0 Å². The molecule has 1 aromatic carbocycles. The van der Waals surface area contributed by atoms with Gasteiger partial charge in [0.2, 0.25) is 0 Å². The first-order valence-electron chi connectivity index (χ1n) is 8.83. The van der Waals surface area contributed by atoms with Crippen molar-refractivity contribution in [3.8, 4) is 6.07 Å². The molecule has 1 heterocycles. The maximum atomic E-state index is 8.87. The molecule has 0 aromatic heterocycles. The van der Waals surface area contributed by atoms with E-state index in [4.69, 9.17) is 5.26 Å². The molecule has 1 aliphatic rings. The molecule has 0 atom stereocenters. The molecular weight excluding hydrogens is 270 g/mol. The molecule has 1 aliphatic heterocycles. The van der Waals surface area contributed by atoms with Gasteiger partial charge in [-0.15, -0.1) is 0 Å². The molecule has 1 aromatic rings. The van der Waals surface area contributed by atoms with Gasteiger partial charge in [0.05, 0.1) is 11.6 Å². The van der Waals surface area contributed by atoms with Crippen molar-refractivity contribution < 1.29 is 0 Å². The summed E-state index contributed by atoms with van der Waals surface area (Å²) in [5.74, 6) is 0.765. The molecule has 114 valence electrons. The van der Waals surface area contributed by atoms with Crippen LogP contribution in [0.1, 0.15) is 68.9 Å². The summed E-state index contributed by atoms with van der Waals surface area (Å²) in [7, 11) is -0.408. The lowest BCUT2D eigenvalue weighted by Crippen LogP contribution is -2.20. The van der Waals surface area contributed by atoms with Gasteiger partial charge in [-0.2, -0.15) is 5.26 Å². The van der Waals surface area contributed by atoms with Crippen molar-refractivity contribution >= 4 is 8.80 Å². The van der Waals surface area contributed by atoms with Crippen LogP contribution in [0.25, 0.3) is 0 Å². The van der Waals surface area contributed by atoms with Crippen LogP contribution in [0.5, 0.6) is 0 Å². The van der Waals surface area contributed by atoms with E-state index in [-0.39, 0.29) is 0 Å². The van der Waals surface area contributed by atoms with Crippen LogP contribution < -0.4 is 0 Å². The lowest BCUT2D eigenvalue weighted by molar-refractivity contribution is 0.600. The zero-order valence-corrected chi connectivity index (χ0v) is 14.6. The Bertz CT molecular complexity index is 438. The van der Waals surface area contributed by atoms with Gasteiger partial charge in [0, 0.05) is 8.80 Å². The van der Waals surface area contributed by atoms with Gasteiger partial charge in [-0.3, -0.25) is 0 Å². The van der Waals surface area contributed by atoms with E-state index in [2.05, 4.69) is 25.1 Å². The first kappa shape index (κ1) is 16.3. The van der Waals surface area contributed by atoms with Gasteiger partial charge in [-0.05, 0) is 36.5 Å². The van der Waals surface area contributed by atoms with E-state index in [0.717, 1.165) is 11.5 Å². The molecule has 2 rings (SSSR count). The molecule has 0 bridgehead atoms. The predicted molar refractivity (Wildman–Crippen MR) is 93.5 cm³/mol. The maximum absolute atomic E-state index is 8.87. The summed E-state index contributed by atoms with van der Waals surface area (Å²) in [6.07, 6.45) is 10.00. The van der Waals surface area contributed by atoms with Crippen molar-refractivity contribution in [1.29, 1.82) is 5.26 Å². The fourth-order valence-corrected chi connectivity index (χ4v) is 7.13. The van der Waals surface area contributed by atoms with Crippen LogP contribution in [0.15, 0.2) is 24.3 Å². The van der Waals surface area contributed by atoms with E-state index in [0.29, 0.717) is 0 Å². The zero-order chi connectivity index (χ0) is 14.9. The highest BCUT2D eigenvalue weighted by Crippen LogP contribution is 2.35. The second-order valence-corrected chi connectivity index (χ2v) is 10.1. The Morgan fingerprint density at radius 2 is 1.71 bits per heavy atom. The van der Waals surface area contributed by atoms with E-state index in [1.54, 1.807) is 18.1 Å². The molecule has 2 heteroatoms. The van der Waals surface area contributed by atoms with Gasteiger partial charge in [-0.1, -0.05) is 69.3 Å². The largest absolute Gasteiger partial charge is 0.192 e. The van der Waals surface area contributed by atoms with Crippen LogP contribution in [-0.4, -0.2) is 8.80 Å². The van der Waals surface area contributed by atoms with Crippen LogP contribution in [0.4, 0.5) is 0 Å². The zero-order valence-electron chi connectivity index (χ0n) is 13.5. The minimum Gasteiger partial charge on any atom is -0.192 e. The average molecular weight is 300 g/mol. The number of hydrogen-bond acceptors (Lipinski definition) is 1. The summed E-state index contributed by atoms with van der Waals surface area (Å²) in [5.41, 5.74) is 2.25. The third-order valence-electron chi connectivity index (χ3n) is 5.07. The highest BCUT2D eigenvalue weighted by molar-refractivity contribution is 6.59.